The predicted molar refractivity (Wildman–Crippen MR) is 72.2 cm³/mol. The van der Waals surface area contributed by atoms with Crippen molar-refractivity contribution >= 4 is 11.3 Å². The normalized spacial score (nSPS) is 18.9. The van der Waals surface area contributed by atoms with E-state index in [1.54, 1.807) is 17.4 Å². The number of rotatable bonds is 3. The Kier molecular flexibility index (Phi) is 3.57. The highest BCUT2D eigenvalue weighted by molar-refractivity contribution is 7.09. The molecule has 0 saturated carbocycles. The summed E-state index contributed by atoms with van der Waals surface area (Å²) in [7, 11) is 0. The highest BCUT2D eigenvalue weighted by atomic mass is 32.1. The van der Waals surface area contributed by atoms with Crippen LogP contribution in [-0.4, -0.2) is 17.6 Å². The highest BCUT2D eigenvalue weighted by Crippen LogP contribution is 2.25. The molecule has 0 aliphatic carbocycles. The second-order valence-electron chi connectivity index (χ2n) is 4.75. The van der Waals surface area contributed by atoms with E-state index in [1.165, 1.54) is 18.9 Å². The Morgan fingerprint density at radius 2 is 2.21 bits per heavy atom. The average molecular weight is 280 g/mol. The van der Waals surface area contributed by atoms with Gasteiger partial charge in [-0.2, -0.15) is 0 Å². The molecule has 100 valence electrons. The smallest absolute Gasteiger partial charge is 0.159 e. The molecule has 3 rings (SSSR count). The summed E-state index contributed by atoms with van der Waals surface area (Å²) >= 11 is 1.57. The molecule has 1 unspecified atom stereocenters. The first kappa shape index (κ1) is 12.7. The summed E-state index contributed by atoms with van der Waals surface area (Å²) in [6.45, 7) is 1.08. The minimum absolute atomic E-state index is 0.504. The summed E-state index contributed by atoms with van der Waals surface area (Å²) in [5, 5.41) is 6.37. The van der Waals surface area contributed by atoms with E-state index in [0.29, 0.717) is 11.6 Å². The van der Waals surface area contributed by atoms with Crippen molar-refractivity contribution in [1.82, 2.24) is 10.3 Å². The van der Waals surface area contributed by atoms with Crippen LogP contribution < -0.4 is 5.32 Å². The van der Waals surface area contributed by atoms with Crippen molar-refractivity contribution in [2.75, 3.05) is 6.54 Å². The van der Waals surface area contributed by atoms with Gasteiger partial charge in [0.15, 0.2) is 11.6 Å². The van der Waals surface area contributed by atoms with E-state index in [2.05, 4.69) is 10.3 Å². The number of nitrogens with zero attached hydrogens (tertiary/aromatic N) is 1. The van der Waals surface area contributed by atoms with Crippen LogP contribution in [-0.2, 0) is 6.42 Å². The van der Waals surface area contributed by atoms with Gasteiger partial charge in [0, 0.05) is 23.4 Å². The molecule has 1 N–H and O–H groups in total. The van der Waals surface area contributed by atoms with E-state index in [9.17, 15) is 8.78 Å². The van der Waals surface area contributed by atoms with Crippen molar-refractivity contribution in [2.24, 2.45) is 0 Å². The third kappa shape index (κ3) is 2.82. The molecule has 5 heteroatoms. The monoisotopic (exact) mass is 280 g/mol. The van der Waals surface area contributed by atoms with Crippen LogP contribution in [0, 0.1) is 11.6 Å². The first-order valence-corrected chi connectivity index (χ1v) is 7.23. The summed E-state index contributed by atoms with van der Waals surface area (Å²) < 4.78 is 26.1. The molecule has 1 aromatic carbocycles. The zero-order valence-corrected chi connectivity index (χ0v) is 11.1. The van der Waals surface area contributed by atoms with Gasteiger partial charge in [0.25, 0.3) is 0 Å². The Bertz CT molecular complexity index is 577. The van der Waals surface area contributed by atoms with E-state index < -0.39 is 11.6 Å². The van der Waals surface area contributed by atoms with E-state index in [0.717, 1.165) is 29.7 Å². The van der Waals surface area contributed by atoms with Gasteiger partial charge in [-0.25, -0.2) is 13.8 Å². The molecule has 0 radical (unpaired) electrons. The van der Waals surface area contributed by atoms with Gasteiger partial charge in [-0.15, -0.1) is 11.3 Å². The molecule has 19 heavy (non-hydrogen) atoms. The summed E-state index contributed by atoms with van der Waals surface area (Å²) in [5.41, 5.74) is 1.35. The molecule has 2 heterocycles. The van der Waals surface area contributed by atoms with Crippen molar-refractivity contribution in [3.05, 3.63) is 40.2 Å². The van der Waals surface area contributed by atoms with E-state index >= 15 is 0 Å². The quantitative estimate of drug-likeness (QED) is 0.932. The molecule has 1 aliphatic rings. The van der Waals surface area contributed by atoms with Gasteiger partial charge in [0.2, 0.25) is 0 Å². The van der Waals surface area contributed by atoms with Crippen molar-refractivity contribution in [3.8, 4) is 11.3 Å². The number of nitrogens with one attached hydrogen (secondary N) is 1. The third-order valence-corrected chi connectivity index (χ3v) is 4.22. The van der Waals surface area contributed by atoms with Gasteiger partial charge in [-0.1, -0.05) is 0 Å². The Balaban J connectivity index is 1.78. The number of benzene rings is 1. The van der Waals surface area contributed by atoms with E-state index in [1.807, 2.05) is 5.38 Å². The predicted octanol–water partition coefficient (Wildman–Crippen LogP) is 3.38. The van der Waals surface area contributed by atoms with Gasteiger partial charge >= 0.3 is 0 Å². The van der Waals surface area contributed by atoms with Crippen LogP contribution in [0.15, 0.2) is 23.6 Å². The van der Waals surface area contributed by atoms with Crippen molar-refractivity contribution < 1.29 is 8.78 Å². The molecule has 0 spiro atoms. The van der Waals surface area contributed by atoms with Gasteiger partial charge in [-0.3, -0.25) is 0 Å². The first-order chi connectivity index (χ1) is 9.22. The molecule has 0 amide bonds. The van der Waals surface area contributed by atoms with Crippen LogP contribution in [0.5, 0.6) is 0 Å². The fraction of sp³-hybridized carbons (Fsp3) is 0.357. The van der Waals surface area contributed by atoms with Crippen LogP contribution in [0.1, 0.15) is 17.8 Å². The Hall–Kier alpha value is -1.33. The number of halogens is 2. The van der Waals surface area contributed by atoms with Crippen LogP contribution in [0.2, 0.25) is 0 Å². The maximum atomic E-state index is 13.2. The third-order valence-electron chi connectivity index (χ3n) is 3.35. The standard InChI is InChI=1S/C14H14F2N2S/c15-11-4-3-9(6-12(11)16)13-8-19-14(18-13)7-10-2-1-5-17-10/h3-4,6,8,10,17H,1-2,5,7H2. The van der Waals surface area contributed by atoms with Gasteiger partial charge in [0.1, 0.15) is 0 Å². The summed E-state index contributed by atoms with van der Waals surface area (Å²) in [6, 6.07) is 4.40. The number of hydrogen-bond acceptors (Lipinski definition) is 3. The van der Waals surface area contributed by atoms with Crippen molar-refractivity contribution in [1.29, 1.82) is 0 Å². The molecule has 1 atom stereocenters. The SMILES string of the molecule is Fc1ccc(-c2csc(CC3CCCN3)n2)cc1F. The maximum absolute atomic E-state index is 13.2. The lowest BCUT2D eigenvalue weighted by molar-refractivity contribution is 0.509. The highest BCUT2D eigenvalue weighted by Gasteiger charge is 2.16. The molecule has 1 aromatic heterocycles. The average Bonchev–Trinajstić information content (AvgIpc) is 3.05. The molecular formula is C14H14F2N2S. The lowest BCUT2D eigenvalue weighted by Crippen LogP contribution is -2.23. The van der Waals surface area contributed by atoms with Crippen molar-refractivity contribution in [3.63, 3.8) is 0 Å². The minimum atomic E-state index is -0.829. The van der Waals surface area contributed by atoms with Gasteiger partial charge < -0.3 is 5.32 Å². The van der Waals surface area contributed by atoms with Gasteiger partial charge in [0.05, 0.1) is 10.7 Å². The molecule has 2 nitrogen and oxygen atoms in total. The Morgan fingerprint density at radius 3 is 2.95 bits per heavy atom. The maximum Gasteiger partial charge on any atom is 0.159 e. The topological polar surface area (TPSA) is 24.9 Å². The van der Waals surface area contributed by atoms with Gasteiger partial charge in [-0.05, 0) is 37.6 Å². The number of aromatic nitrogens is 1. The Morgan fingerprint density at radius 1 is 1.32 bits per heavy atom. The Labute approximate surface area is 114 Å². The molecule has 0 bridgehead atoms. The molecule has 2 aromatic rings. The fourth-order valence-electron chi connectivity index (χ4n) is 2.33. The zero-order valence-electron chi connectivity index (χ0n) is 10.3. The summed E-state index contributed by atoms with van der Waals surface area (Å²) in [6.07, 6.45) is 3.31. The number of thiazole rings is 1. The lowest BCUT2D eigenvalue weighted by Gasteiger charge is -2.06. The second kappa shape index (κ2) is 5.35. The van der Waals surface area contributed by atoms with Crippen LogP contribution >= 0.6 is 11.3 Å². The van der Waals surface area contributed by atoms with Crippen molar-refractivity contribution in [2.45, 2.75) is 25.3 Å². The van der Waals surface area contributed by atoms with Crippen LogP contribution in [0.3, 0.4) is 0 Å². The number of hydrogen-bond donors (Lipinski definition) is 1. The lowest BCUT2D eigenvalue weighted by atomic mass is 10.1. The fourth-order valence-corrected chi connectivity index (χ4v) is 3.22. The molecule has 1 saturated heterocycles. The van der Waals surface area contributed by atoms with Crippen LogP contribution in [0.25, 0.3) is 11.3 Å². The second-order valence-corrected chi connectivity index (χ2v) is 5.70. The van der Waals surface area contributed by atoms with E-state index in [4.69, 9.17) is 0 Å². The summed E-state index contributed by atoms with van der Waals surface area (Å²) in [4.78, 5) is 4.50. The largest absolute Gasteiger partial charge is 0.314 e. The molecular weight excluding hydrogens is 266 g/mol. The zero-order chi connectivity index (χ0) is 13.2. The van der Waals surface area contributed by atoms with E-state index in [-0.39, 0.29) is 0 Å². The van der Waals surface area contributed by atoms with Crippen LogP contribution in [0.4, 0.5) is 8.78 Å². The molecule has 1 aliphatic heterocycles. The molecule has 1 fully saturated rings. The first-order valence-electron chi connectivity index (χ1n) is 6.35. The summed E-state index contributed by atoms with van der Waals surface area (Å²) in [5.74, 6) is -1.65. The minimum Gasteiger partial charge on any atom is -0.314 e.